The van der Waals surface area contributed by atoms with Crippen LogP contribution in [0.25, 0.3) is 0 Å². The lowest BCUT2D eigenvalue weighted by Gasteiger charge is -2.48. The van der Waals surface area contributed by atoms with E-state index in [1.165, 1.54) is 12.8 Å². The molecule has 2 aliphatic rings. The first kappa shape index (κ1) is 8.45. The van der Waals surface area contributed by atoms with Crippen molar-refractivity contribution in [2.24, 2.45) is 11.7 Å². The Balaban J connectivity index is 1.68. The van der Waals surface area contributed by atoms with Gasteiger partial charge in [0.15, 0.2) is 0 Å². The molecule has 1 saturated heterocycles. The third kappa shape index (κ3) is 1.48. The van der Waals surface area contributed by atoms with Crippen molar-refractivity contribution in [3.8, 4) is 0 Å². The molecule has 1 aliphatic carbocycles. The van der Waals surface area contributed by atoms with Crippen LogP contribution in [0, 0.1) is 5.92 Å². The Labute approximate surface area is 72.9 Å². The summed E-state index contributed by atoms with van der Waals surface area (Å²) in [4.78, 5) is 2.26. The number of likely N-dealkylation sites (tertiary alicyclic amines) is 1. The maximum absolute atomic E-state index is 11.8. The van der Waals surface area contributed by atoms with Gasteiger partial charge in [-0.15, -0.1) is 0 Å². The predicted molar refractivity (Wildman–Crippen MR) is 46.7 cm³/mol. The molecule has 1 heterocycles. The highest BCUT2D eigenvalue weighted by Gasteiger charge is 2.49. The van der Waals surface area contributed by atoms with Crippen LogP contribution in [-0.2, 0) is 0 Å². The van der Waals surface area contributed by atoms with E-state index in [1.54, 1.807) is 0 Å². The van der Waals surface area contributed by atoms with Gasteiger partial charge >= 0.3 is 0 Å². The van der Waals surface area contributed by atoms with Crippen LogP contribution in [0.1, 0.15) is 19.3 Å². The van der Waals surface area contributed by atoms with Gasteiger partial charge in [0.1, 0.15) is 0 Å². The lowest BCUT2D eigenvalue weighted by atomic mass is 9.86. The molecule has 0 unspecified atom stereocenters. The van der Waals surface area contributed by atoms with Crippen LogP contribution in [0.2, 0.25) is 0 Å². The lowest BCUT2D eigenvalue weighted by Crippen LogP contribution is -2.68. The zero-order valence-corrected chi connectivity index (χ0v) is 7.43. The van der Waals surface area contributed by atoms with E-state index in [2.05, 4.69) is 4.90 Å². The van der Waals surface area contributed by atoms with Gasteiger partial charge in [0.05, 0.1) is 6.67 Å². The lowest BCUT2D eigenvalue weighted by molar-refractivity contribution is 0.0523. The highest BCUT2D eigenvalue weighted by atomic mass is 19.1. The van der Waals surface area contributed by atoms with Crippen molar-refractivity contribution in [2.45, 2.75) is 24.8 Å². The standard InChI is InChI=1S/C9H17FN2/c10-4-1-5-12-6-9(11,7-12)8-2-3-8/h8H,1-7,11H2. The first-order chi connectivity index (χ1) is 5.74. The third-order valence-electron chi connectivity index (χ3n) is 3.03. The van der Waals surface area contributed by atoms with E-state index < -0.39 is 0 Å². The maximum atomic E-state index is 11.8. The Morgan fingerprint density at radius 2 is 2.08 bits per heavy atom. The number of alkyl halides is 1. The second kappa shape index (κ2) is 2.96. The van der Waals surface area contributed by atoms with Crippen LogP contribution in [0.15, 0.2) is 0 Å². The Morgan fingerprint density at radius 1 is 1.42 bits per heavy atom. The number of nitrogens with two attached hydrogens (primary N) is 1. The number of halogens is 1. The van der Waals surface area contributed by atoms with Gasteiger partial charge < -0.3 is 5.73 Å². The van der Waals surface area contributed by atoms with Crippen molar-refractivity contribution in [1.82, 2.24) is 4.90 Å². The number of hydrogen-bond donors (Lipinski definition) is 1. The first-order valence-electron chi connectivity index (χ1n) is 4.82. The summed E-state index contributed by atoms with van der Waals surface area (Å²) in [6, 6.07) is 0. The smallest absolute Gasteiger partial charge is 0.0906 e. The van der Waals surface area contributed by atoms with Gasteiger partial charge in [0, 0.05) is 25.2 Å². The van der Waals surface area contributed by atoms with Crippen LogP contribution in [-0.4, -0.2) is 36.7 Å². The first-order valence-corrected chi connectivity index (χ1v) is 4.82. The largest absolute Gasteiger partial charge is 0.323 e. The quantitative estimate of drug-likeness (QED) is 0.678. The molecule has 0 aromatic rings. The molecule has 1 saturated carbocycles. The Morgan fingerprint density at radius 3 is 2.58 bits per heavy atom. The van der Waals surface area contributed by atoms with Crippen LogP contribution >= 0.6 is 0 Å². The van der Waals surface area contributed by atoms with Crippen molar-refractivity contribution in [1.29, 1.82) is 0 Å². The molecule has 1 aliphatic heterocycles. The van der Waals surface area contributed by atoms with Crippen molar-refractivity contribution < 1.29 is 4.39 Å². The summed E-state index contributed by atoms with van der Waals surface area (Å²) in [5.74, 6) is 0.777. The number of nitrogens with zero attached hydrogens (tertiary/aromatic N) is 1. The van der Waals surface area contributed by atoms with Crippen LogP contribution in [0.4, 0.5) is 4.39 Å². The molecule has 2 fully saturated rings. The third-order valence-corrected chi connectivity index (χ3v) is 3.03. The maximum Gasteiger partial charge on any atom is 0.0906 e. The highest BCUT2D eigenvalue weighted by molar-refractivity contribution is 5.08. The Kier molecular flexibility index (Phi) is 2.09. The van der Waals surface area contributed by atoms with Crippen LogP contribution in [0.3, 0.4) is 0 Å². The average molecular weight is 172 g/mol. The van der Waals surface area contributed by atoms with E-state index in [0.717, 1.165) is 25.6 Å². The summed E-state index contributed by atoms with van der Waals surface area (Å²) >= 11 is 0. The summed E-state index contributed by atoms with van der Waals surface area (Å²) in [6.45, 7) is 2.69. The molecular formula is C9H17FN2. The molecule has 0 aromatic heterocycles. The summed E-state index contributed by atoms with van der Waals surface area (Å²) in [5, 5.41) is 0. The van der Waals surface area contributed by atoms with E-state index in [-0.39, 0.29) is 12.2 Å². The van der Waals surface area contributed by atoms with E-state index in [1.807, 2.05) is 0 Å². The fraction of sp³-hybridized carbons (Fsp3) is 1.00. The van der Waals surface area contributed by atoms with E-state index in [9.17, 15) is 4.39 Å². The number of rotatable bonds is 4. The Bertz CT molecular complexity index is 162. The van der Waals surface area contributed by atoms with Gasteiger partial charge in [-0.05, 0) is 25.2 Å². The molecule has 2 N–H and O–H groups in total. The highest BCUT2D eigenvalue weighted by Crippen LogP contribution is 2.42. The van der Waals surface area contributed by atoms with Gasteiger partial charge in [-0.3, -0.25) is 9.29 Å². The molecule has 2 rings (SSSR count). The Hall–Kier alpha value is -0.150. The molecule has 12 heavy (non-hydrogen) atoms. The topological polar surface area (TPSA) is 29.3 Å². The molecule has 0 atom stereocenters. The second-order valence-corrected chi connectivity index (χ2v) is 4.26. The minimum Gasteiger partial charge on any atom is -0.323 e. The van der Waals surface area contributed by atoms with E-state index >= 15 is 0 Å². The van der Waals surface area contributed by atoms with Crippen molar-refractivity contribution in [2.75, 3.05) is 26.3 Å². The summed E-state index contributed by atoms with van der Waals surface area (Å²) < 4.78 is 11.8. The SMILES string of the molecule is NC1(C2CC2)CN(CCCF)C1. The average Bonchev–Trinajstić information content (AvgIpc) is 2.77. The molecule has 3 heteroatoms. The summed E-state index contributed by atoms with van der Waals surface area (Å²) in [5.41, 5.74) is 6.24. The monoisotopic (exact) mass is 172 g/mol. The zero-order valence-electron chi connectivity index (χ0n) is 7.43. The molecule has 0 amide bonds. The zero-order chi connectivity index (χ0) is 8.60. The second-order valence-electron chi connectivity index (χ2n) is 4.26. The fourth-order valence-electron chi connectivity index (χ4n) is 2.14. The molecule has 0 radical (unpaired) electrons. The normalized spacial score (nSPS) is 28.5. The fourth-order valence-corrected chi connectivity index (χ4v) is 2.14. The number of hydrogen-bond acceptors (Lipinski definition) is 2. The molecule has 70 valence electrons. The molecule has 2 nitrogen and oxygen atoms in total. The summed E-state index contributed by atoms with van der Waals surface area (Å²) in [6.07, 6.45) is 3.29. The van der Waals surface area contributed by atoms with Crippen molar-refractivity contribution in [3.05, 3.63) is 0 Å². The van der Waals surface area contributed by atoms with Crippen LogP contribution < -0.4 is 5.73 Å². The van der Waals surface area contributed by atoms with Gasteiger partial charge in [-0.1, -0.05) is 0 Å². The van der Waals surface area contributed by atoms with Gasteiger partial charge in [0.2, 0.25) is 0 Å². The van der Waals surface area contributed by atoms with Crippen molar-refractivity contribution in [3.63, 3.8) is 0 Å². The van der Waals surface area contributed by atoms with Gasteiger partial charge in [0.25, 0.3) is 0 Å². The van der Waals surface area contributed by atoms with Gasteiger partial charge in [-0.2, -0.15) is 0 Å². The minimum atomic E-state index is -0.197. The van der Waals surface area contributed by atoms with Gasteiger partial charge in [-0.25, -0.2) is 0 Å². The van der Waals surface area contributed by atoms with Crippen molar-refractivity contribution >= 4 is 0 Å². The predicted octanol–water partition coefficient (Wildman–Crippen LogP) is 0.769. The summed E-state index contributed by atoms with van der Waals surface area (Å²) in [7, 11) is 0. The molecular weight excluding hydrogens is 155 g/mol. The molecule has 0 bridgehead atoms. The molecule has 0 aromatic carbocycles. The van der Waals surface area contributed by atoms with E-state index in [0.29, 0.717) is 6.42 Å². The van der Waals surface area contributed by atoms with E-state index in [4.69, 9.17) is 5.73 Å². The van der Waals surface area contributed by atoms with Crippen LogP contribution in [0.5, 0.6) is 0 Å². The minimum absolute atomic E-state index is 0.107. The molecule has 0 spiro atoms.